The van der Waals surface area contributed by atoms with Crippen molar-refractivity contribution in [3.8, 4) is 17.0 Å². The molecule has 0 spiro atoms. The molecule has 156 valence electrons. The molecule has 0 radical (unpaired) electrons. The highest BCUT2D eigenvalue weighted by Gasteiger charge is 2.19. The zero-order valence-electron chi connectivity index (χ0n) is 17.6. The van der Waals surface area contributed by atoms with Crippen molar-refractivity contribution < 1.29 is 9.13 Å². The summed E-state index contributed by atoms with van der Waals surface area (Å²) in [7, 11) is 2.18. The van der Waals surface area contributed by atoms with Crippen LogP contribution in [0.5, 0.6) is 5.75 Å². The van der Waals surface area contributed by atoms with Gasteiger partial charge in [0, 0.05) is 18.2 Å². The van der Waals surface area contributed by atoms with Crippen molar-refractivity contribution in [3.63, 3.8) is 0 Å². The Morgan fingerprint density at radius 3 is 2.70 bits per heavy atom. The number of piperidine rings is 1. The van der Waals surface area contributed by atoms with Gasteiger partial charge in [-0.05, 0) is 75.0 Å². The van der Waals surface area contributed by atoms with Crippen LogP contribution in [0.4, 0.5) is 4.39 Å². The molecule has 1 unspecified atom stereocenters. The Bertz CT molecular complexity index is 993. The molecule has 4 rings (SSSR count). The number of hydrogen-bond acceptors (Lipinski definition) is 4. The predicted molar refractivity (Wildman–Crippen MR) is 117 cm³/mol. The summed E-state index contributed by atoms with van der Waals surface area (Å²) in [6, 6.07) is 16.6. The zero-order chi connectivity index (χ0) is 20.9. The second-order valence-electron chi connectivity index (χ2n) is 8.26. The van der Waals surface area contributed by atoms with Gasteiger partial charge in [0.15, 0.2) is 0 Å². The average molecular weight is 406 g/mol. The van der Waals surface area contributed by atoms with Gasteiger partial charge in [0.2, 0.25) is 0 Å². The van der Waals surface area contributed by atoms with E-state index in [1.165, 1.54) is 31.5 Å². The fraction of sp³-hybridized carbons (Fsp3) is 0.360. The number of benzene rings is 2. The third-order valence-electron chi connectivity index (χ3n) is 5.69. The molecule has 30 heavy (non-hydrogen) atoms. The van der Waals surface area contributed by atoms with Crippen LogP contribution in [0.2, 0.25) is 0 Å². The minimum atomic E-state index is -0.328. The van der Waals surface area contributed by atoms with Crippen molar-refractivity contribution in [1.29, 1.82) is 0 Å². The minimum Gasteiger partial charge on any atom is -0.488 e. The van der Waals surface area contributed by atoms with Crippen LogP contribution in [0.25, 0.3) is 11.3 Å². The van der Waals surface area contributed by atoms with Gasteiger partial charge in [0.25, 0.3) is 0 Å². The molecule has 1 fully saturated rings. The zero-order valence-corrected chi connectivity index (χ0v) is 17.6. The van der Waals surface area contributed by atoms with Crippen LogP contribution in [0.15, 0.2) is 54.6 Å². The van der Waals surface area contributed by atoms with Gasteiger partial charge >= 0.3 is 0 Å². The quantitative estimate of drug-likeness (QED) is 0.575. The van der Waals surface area contributed by atoms with Crippen molar-refractivity contribution in [1.82, 2.24) is 15.1 Å². The van der Waals surface area contributed by atoms with Crippen molar-refractivity contribution in [3.05, 3.63) is 77.2 Å². The van der Waals surface area contributed by atoms with Crippen molar-refractivity contribution >= 4 is 0 Å². The van der Waals surface area contributed by atoms with Crippen LogP contribution >= 0.6 is 0 Å². The maximum atomic E-state index is 13.9. The third kappa shape index (κ3) is 5.03. The van der Waals surface area contributed by atoms with Crippen LogP contribution in [-0.2, 0) is 13.0 Å². The molecule has 0 aliphatic carbocycles. The van der Waals surface area contributed by atoms with E-state index in [1.807, 2.05) is 37.3 Å². The molecule has 5 heteroatoms. The first-order valence-corrected chi connectivity index (χ1v) is 10.6. The molecule has 0 saturated carbocycles. The first-order valence-electron chi connectivity index (χ1n) is 10.6. The average Bonchev–Trinajstić information content (AvgIpc) is 2.74. The van der Waals surface area contributed by atoms with Crippen LogP contribution in [0.1, 0.15) is 29.7 Å². The fourth-order valence-electron chi connectivity index (χ4n) is 4.19. The first kappa shape index (κ1) is 20.5. The van der Waals surface area contributed by atoms with E-state index in [0.717, 1.165) is 41.0 Å². The monoisotopic (exact) mass is 405 g/mol. The van der Waals surface area contributed by atoms with E-state index in [-0.39, 0.29) is 5.82 Å². The normalized spacial score (nSPS) is 17.1. The summed E-state index contributed by atoms with van der Waals surface area (Å²) in [6.07, 6.45) is 3.42. The summed E-state index contributed by atoms with van der Waals surface area (Å²) in [4.78, 5) is 2.39. The molecule has 0 bridgehead atoms. The van der Waals surface area contributed by atoms with E-state index in [1.54, 1.807) is 6.07 Å². The molecule has 0 amide bonds. The molecule has 1 aliphatic heterocycles. The van der Waals surface area contributed by atoms with Crippen LogP contribution < -0.4 is 4.74 Å². The second kappa shape index (κ2) is 9.35. The Morgan fingerprint density at radius 2 is 1.93 bits per heavy atom. The molecule has 2 heterocycles. The van der Waals surface area contributed by atoms with Gasteiger partial charge in [0.1, 0.15) is 18.2 Å². The summed E-state index contributed by atoms with van der Waals surface area (Å²) in [5.74, 6) is 0.780. The Hall–Kier alpha value is -2.79. The van der Waals surface area contributed by atoms with Gasteiger partial charge in [0.05, 0.1) is 11.4 Å². The van der Waals surface area contributed by atoms with Crippen molar-refractivity contribution in [2.75, 3.05) is 20.1 Å². The molecule has 1 aliphatic rings. The molecule has 1 atom stereocenters. The van der Waals surface area contributed by atoms with E-state index in [4.69, 9.17) is 4.74 Å². The van der Waals surface area contributed by atoms with Crippen LogP contribution in [0.3, 0.4) is 0 Å². The highest BCUT2D eigenvalue weighted by atomic mass is 19.1. The SMILES string of the molecule is Cc1cc(CC2CCCN(C)C2)nnc1-c1ccc(F)cc1OCc1ccccc1. The topological polar surface area (TPSA) is 38.2 Å². The van der Waals surface area contributed by atoms with Gasteiger partial charge < -0.3 is 9.64 Å². The van der Waals surface area contributed by atoms with Crippen molar-refractivity contribution in [2.45, 2.75) is 32.8 Å². The second-order valence-corrected chi connectivity index (χ2v) is 8.26. The number of hydrogen-bond donors (Lipinski definition) is 0. The lowest BCUT2D eigenvalue weighted by Crippen LogP contribution is -2.33. The molecule has 1 aromatic heterocycles. The lowest BCUT2D eigenvalue weighted by molar-refractivity contribution is 0.208. The number of halogens is 1. The summed E-state index contributed by atoms with van der Waals surface area (Å²) < 4.78 is 19.9. The van der Waals surface area contributed by atoms with E-state index in [9.17, 15) is 4.39 Å². The number of aryl methyl sites for hydroxylation is 1. The van der Waals surface area contributed by atoms with Gasteiger partial charge in [-0.25, -0.2) is 4.39 Å². The highest BCUT2D eigenvalue weighted by molar-refractivity contribution is 5.69. The standard InChI is InChI=1S/C25H28FN3O/c1-18-13-22(14-20-9-6-12-29(2)16-20)27-28-25(18)23-11-10-21(26)15-24(23)30-17-19-7-4-3-5-8-19/h3-5,7-8,10-11,13,15,20H,6,9,12,14,16-17H2,1-2H3. The molecule has 4 nitrogen and oxygen atoms in total. The summed E-state index contributed by atoms with van der Waals surface area (Å²) in [6.45, 7) is 4.69. The molecule has 1 saturated heterocycles. The maximum absolute atomic E-state index is 13.9. The van der Waals surface area contributed by atoms with E-state index in [0.29, 0.717) is 18.3 Å². The molecule has 2 aromatic carbocycles. The lowest BCUT2D eigenvalue weighted by atomic mass is 9.93. The minimum absolute atomic E-state index is 0.328. The smallest absolute Gasteiger partial charge is 0.132 e. The number of ether oxygens (including phenoxy) is 1. The predicted octanol–water partition coefficient (Wildman–Crippen LogP) is 5.05. The van der Waals surface area contributed by atoms with E-state index >= 15 is 0 Å². The van der Waals surface area contributed by atoms with E-state index in [2.05, 4.69) is 28.2 Å². The first-order chi connectivity index (χ1) is 14.6. The number of aromatic nitrogens is 2. The molecular weight excluding hydrogens is 377 g/mol. The van der Waals surface area contributed by atoms with Crippen molar-refractivity contribution in [2.24, 2.45) is 5.92 Å². The maximum Gasteiger partial charge on any atom is 0.132 e. The summed E-state index contributed by atoms with van der Waals surface area (Å²) in [5.41, 5.74) is 4.58. The molecule has 0 N–H and O–H groups in total. The van der Waals surface area contributed by atoms with E-state index < -0.39 is 0 Å². The van der Waals surface area contributed by atoms with Gasteiger partial charge in [-0.1, -0.05) is 30.3 Å². The number of rotatable bonds is 6. The number of nitrogens with zero attached hydrogens (tertiary/aromatic N) is 3. The largest absolute Gasteiger partial charge is 0.488 e. The summed E-state index contributed by atoms with van der Waals surface area (Å²) >= 11 is 0. The Labute approximate surface area is 177 Å². The molecular formula is C25H28FN3O. The highest BCUT2D eigenvalue weighted by Crippen LogP contribution is 2.32. The Morgan fingerprint density at radius 1 is 1.10 bits per heavy atom. The lowest BCUT2D eigenvalue weighted by Gasteiger charge is -2.29. The summed E-state index contributed by atoms with van der Waals surface area (Å²) in [5, 5.41) is 9.01. The number of likely N-dealkylation sites (tertiary alicyclic amines) is 1. The third-order valence-corrected chi connectivity index (χ3v) is 5.69. The Kier molecular flexibility index (Phi) is 6.38. The van der Waals surface area contributed by atoms with Gasteiger partial charge in [-0.2, -0.15) is 5.10 Å². The molecule has 3 aromatic rings. The van der Waals surface area contributed by atoms with Gasteiger partial charge in [-0.3, -0.25) is 0 Å². The van der Waals surface area contributed by atoms with Gasteiger partial charge in [-0.15, -0.1) is 5.10 Å². The fourth-order valence-corrected chi connectivity index (χ4v) is 4.19. The Balaban J connectivity index is 1.54. The van der Waals surface area contributed by atoms with Crippen LogP contribution in [-0.4, -0.2) is 35.2 Å². The van der Waals surface area contributed by atoms with Crippen LogP contribution in [0, 0.1) is 18.7 Å².